The van der Waals surface area contributed by atoms with E-state index < -0.39 is 0 Å². The van der Waals surface area contributed by atoms with Crippen LogP contribution in [0.15, 0.2) is 65.4 Å². The number of para-hydroxylation sites is 1. The van der Waals surface area contributed by atoms with E-state index in [2.05, 4.69) is 26.3 Å². The summed E-state index contributed by atoms with van der Waals surface area (Å²) in [6, 6.07) is 15.6. The first-order valence-electron chi connectivity index (χ1n) is 7.85. The molecule has 1 amide bonds. The molecule has 0 saturated carbocycles. The molecule has 0 radical (unpaired) electrons. The maximum atomic E-state index is 12.0. The fraction of sp³-hybridized carbons (Fsp3) is 0.158. The Labute approximate surface area is 154 Å². The minimum atomic E-state index is -0.216. The molecule has 0 aliphatic rings. The minimum Gasteiger partial charge on any atom is -0.483 e. The van der Waals surface area contributed by atoms with Gasteiger partial charge in [0.1, 0.15) is 5.75 Å². The van der Waals surface area contributed by atoms with Gasteiger partial charge in [-0.2, -0.15) is 5.10 Å². The number of aromatic nitrogens is 2. The van der Waals surface area contributed by atoms with Gasteiger partial charge in [0, 0.05) is 10.7 Å². The van der Waals surface area contributed by atoms with Gasteiger partial charge in [-0.3, -0.25) is 9.48 Å². The van der Waals surface area contributed by atoms with E-state index in [0.717, 1.165) is 15.6 Å². The number of anilines is 1. The summed E-state index contributed by atoms with van der Waals surface area (Å²) in [5.74, 6) is 0.495. The molecule has 0 saturated heterocycles. The predicted molar refractivity (Wildman–Crippen MR) is 101 cm³/mol. The monoisotopic (exact) mass is 399 g/mol. The number of carbonyl (C=O) groups excluding carboxylic acids is 1. The van der Waals surface area contributed by atoms with E-state index in [4.69, 9.17) is 4.74 Å². The molecule has 0 aliphatic heterocycles. The predicted octanol–water partition coefficient (Wildman–Crippen LogP) is 4.02. The van der Waals surface area contributed by atoms with Crippen molar-refractivity contribution >= 4 is 27.5 Å². The number of hydrogen-bond acceptors (Lipinski definition) is 3. The lowest BCUT2D eigenvalue weighted by molar-refractivity contribution is -0.118. The highest BCUT2D eigenvalue weighted by Crippen LogP contribution is 2.16. The molecule has 25 heavy (non-hydrogen) atoms. The highest BCUT2D eigenvalue weighted by atomic mass is 79.9. The van der Waals surface area contributed by atoms with Crippen LogP contribution in [0.5, 0.6) is 5.75 Å². The number of nitrogens with zero attached hydrogens (tertiary/aromatic N) is 2. The maximum absolute atomic E-state index is 12.0. The topological polar surface area (TPSA) is 56.1 Å². The Balaban J connectivity index is 1.53. The molecule has 0 unspecified atom stereocenters. The van der Waals surface area contributed by atoms with Crippen LogP contribution in [0.4, 0.5) is 5.69 Å². The van der Waals surface area contributed by atoms with Crippen LogP contribution < -0.4 is 10.1 Å². The number of hydrogen-bond donors (Lipinski definition) is 1. The molecule has 1 N–H and O–H groups in total. The van der Waals surface area contributed by atoms with E-state index in [1.807, 2.05) is 55.5 Å². The molecule has 0 fully saturated rings. The summed E-state index contributed by atoms with van der Waals surface area (Å²) in [6.45, 7) is 2.55. The molecule has 0 aliphatic carbocycles. The van der Waals surface area contributed by atoms with Gasteiger partial charge >= 0.3 is 0 Å². The van der Waals surface area contributed by atoms with Crippen molar-refractivity contribution in [2.45, 2.75) is 13.5 Å². The van der Waals surface area contributed by atoms with Crippen molar-refractivity contribution in [3.63, 3.8) is 0 Å². The standard InChI is InChI=1S/C19H18BrN3O2/c1-14-4-2-3-5-18(14)25-13-19(24)22-17-10-21-23(12-17)11-15-6-8-16(20)9-7-15/h2-10,12H,11,13H2,1H3,(H,22,24). The van der Waals surface area contributed by atoms with Gasteiger partial charge < -0.3 is 10.1 Å². The molecule has 1 heterocycles. The van der Waals surface area contributed by atoms with Crippen molar-refractivity contribution in [3.05, 3.63) is 76.5 Å². The fourth-order valence-electron chi connectivity index (χ4n) is 2.35. The molecule has 6 heteroatoms. The molecule has 1 aromatic heterocycles. The molecule has 128 valence electrons. The number of carbonyl (C=O) groups is 1. The molecule has 3 rings (SSSR count). The van der Waals surface area contributed by atoms with Crippen LogP contribution in [0.2, 0.25) is 0 Å². The number of halogens is 1. The highest BCUT2D eigenvalue weighted by Gasteiger charge is 2.07. The van der Waals surface area contributed by atoms with Crippen molar-refractivity contribution in [1.29, 1.82) is 0 Å². The first kappa shape index (κ1) is 17.2. The van der Waals surface area contributed by atoms with Gasteiger partial charge in [0.15, 0.2) is 6.61 Å². The summed E-state index contributed by atoms with van der Waals surface area (Å²) in [7, 11) is 0. The van der Waals surface area contributed by atoms with Gasteiger partial charge in [-0.25, -0.2) is 0 Å². The molecule has 0 bridgehead atoms. The SMILES string of the molecule is Cc1ccccc1OCC(=O)Nc1cnn(Cc2ccc(Br)cc2)c1. The van der Waals surface area contributed by atoms with Crippen molar-refractivity contribution < 1.29 is 9.53 Å². The van der Waals surface area contributed by atoms with Crippen LogP contribution in [0.25, 0.3) is 0 Å². The van der Waals surface area contributed by atoms with Crippen LogP contribution in [0, 0.1) is 6.92 Å². The zero-order chi connectivity index (χ0) is 17.6. The third-order valence-electron chi connectivity index (χ3n) is 3.63. The van der Waals surface area contributed by atoms with Crippen LogP contribution in [-0.4, -0.2) is 22.3 Å². The van der Waals surface area contributed by atoms with Crippen molar-refractivity contribution in [1.82, 2.24) is 9.78 Å². The van der Waals surface area contributed by atoms with Gasteiger partial charge in [0.2, 0.25) is 0 Å². The Morgan fingerprint density at radius 2 is 1.96 bits per heavy atom. The summed E-state index contributed by atoms with van der Waals surface area (Å²) in [5.41, 5.74) is 2.78. The molecular weight excluding hydrogens is 382 g/mol. The van der Waals surface area contributed by atoms with Crippen LogP contribution in [0.3, 0.4) is 0 Å². The molecule has 0 atom stereocenters. The minimum absolute atomic E-state index is 0.0389. The van der Waals surface area contributed by atoms with Crippen molar-refractivity contribution in [2.75, 3.05) is 11.9 Å². The largest absolute Gasteiger partial charge is 0.483 e. The fourth-order valence-corrected chi connectivity index (χ4v) is 2.61. The Kier molecular flexibility index (Phi) is 5.50. The van der Waals surface area contributed by atoms with Gasteiger partial charge in [-0.1, -0.05) is 46.3 Å². The third-order valence-corrected chi connectivity index (χ3v) is 4.16. The number of benzene rings is 2. The second kappa shape index (κ2) is 7.98. The lowest BCUT2D eigenvalue weighted by Crippen LogP contribution is -2.20. The Hall–Kier alpha value is -2.60. The molecule has 0 spiro atoms. The highest BCUT2D eigenvalue weighted by molar-refractivity contribution is 9.10. The van der Waals surface area contributed by atoms with Crippen molar-refractivity contribution in [3.8, 4) is 5.75 Å². The van der Waals surface area contributed by atoms with Crippen molar-refractivity contribution in [2.24, 2.45) is 0 Å². The smallest absolute Gasteiger partial charge is 0.262 e. The van der Waals surface area contributed by atoms with Gasteiger partial charge in [-0.15, -0.1) is 0 Å². The number of aryl methyl sites for hydroxylation is 1. The van der Waals surface area contributed by atoms with E-state index in [1.165, 1.54) is 0 Å². The number of nitrogens with one attached hydrogen (secondary N) is 1. The number of rotatable bonds is 6. The molecular formula is C19H18BrN3O2. The van der Waals surface area contributed by atoms with Crippen LogP contribution >= 0.6 is 15.9 Å². The maximum Gasteiger partial charge on any atom is 0.262 e. The van der Waals surface area contributed by atoms with Gasteiger partial charge in [0.05, 0.1) is 18.4 Å². The Morgan fingerprint density at radius 3 is 2.72 bits per heavy atom. The molecule has 5 nitrogen and oxygen atoms in total. The Morgan fingerprint density at radius 1 is 1.20 bits per heavy atom. The zero-order valence-electron chi connectivity index (χ0n) is 13.8. The quantitative estimate of drug-likeness (QED) is 0.680. The van der Waals surface area contributed by atoms with Gasteiger partial charge in [-0.05, 0) is 36.2 Å². The number of ether oxygens (including phenoxy) is 1. The normalized spacial score (nSPS) is 10.5. The second-order valence-corrected chi connectivity index (χ2v) is 6.57. The second-order valence-electron chi connectivity index (χ2n) is 5.66. The van der Waals surface area contributed by atoms with E-state index in [0.29, 0.717) is 18.0 Å². The van der Waals surface area contributed by atoms with Crippen LogP contribution in [0.1, 0.15) is 11.1 Å². The summed E-state index contributed by atoms with van der Waals surface area (Å²) in [5, 5.41) is 7.06. The summed E-state index contributed by atoms with van der Waals surface area (Å²) < 4.78 is 8.36. The van der Waals surface area contributed by atoms with E-state index >= 15 is 0 Å². The zero-order valence-corrected chi connectivity index (χ0v) is 15.4. The summed E-state index contributed by atoms with van der Waals surface area (Å²) in [6.07, 6.45) is 3.43. The molecule has 3 aromatic rings. The molecule has 2 aromatic carbocycles. The van der Waals surface area contributed by atoms with E-state index in [-0.39, 0.29) is 12.5 Å². The summed E-state index contributed by atoms with van der Waals surface area (Å²) in [4.78, 5) is 12.0. The first-order valence-corrected chi connectivity index (χ1v) is 8.64. The van der Waals surface area contributed by atoms with E-state index in [9.17, 15) is 4.79 Å². The third kappa shape index (κ3) is 4.93. The van der Waals surface area contributed by atoms with Crippen LogP contribution in [-0.2, 0) is 11.3 Å². The average molecular weight is 400 g/mol. The number of amides is 1. The van der Waals surface area contributed by atoms with Gasteiger partial charge in [0.25, 0.3) is 5.91 Å². The summed E-state index contributed by atoms with van der Waals surface area (Å²) >= 11 is 3.42. The Bertz CT molecular complexity index is 859. The lowest BCUT2D eigenvalue weighted by atomic mass is 10.2. The first-order chi connectivity index (χ1) is 12.1. The van der Waals surface area contributed by atoms with E-state index in [1.54, 1.807) is 17.1 Å². The lowest BCUT2D eigenvalue weighted by Gasteiger charge is -2.08. The average Bonchev–Trinajstić information content (AvgIpc) is 3.03.